The average Bonchev–Trinajstić information content (AvgIpc) is 2.78. The van der Waals surface area contributed by atoms with E-state index in [0.29, 0.717) is 17.9 Å². The number of aliphatic imine (C=N–C) groups is 1. The van der Waals surface area contributed by atoms with E-state index in [-0.39, 0.29) is 34.2 Å². The van der Waals surface area contributed by atoms with Crippen LogP contribution in [0, 0.1) is 18.4 Å². The van der Waals surface area contributed by atoms with Crippen LogP contribution in [0.1, 0.15) is 25.0 Å². The van der Waals surface area contributed by atoms with Gasteiger partial charge in [0.25, 0.3) is 0 Å². The van der Waals surface area contributed by atoms with Gasteiger partial charge in [-0.25, -0.2) is 9.80 Å². The molecule has 2 unspecified atom stereocenters. The minimum Gasteiger partial charge on any atom is -0.493 e. The summed E-state index contributed by atoms with van der Waals surface area (Å²) in [4.78, 5) is 28.0. The third-order valence-electron chi connectivity index (χ3n) is 5.36. The summed E-state index contributed by atoms with van der Waals surface area (Å²) in [6.45, 7) is 5.55. The molecule has 0 aliphatic heterocycles. The van der Waals surface area contributed by atoms with Gasteiger partial charge in [0.05, 0.1) is 23.9 Å². The summed E-state index contributed by atoms with van der Waals surface area (Å²) >= 11 is 6.08. The molecule has 2 amide bonds. The second kappa shape index (κ2) is 11.4. The number of amides is 2. The van der Waals surface area contributed by atoms with Gasteiger partial charge < -0.3 is 15.8 Å². The molecule has 0 spiro atoms. The van der Waals surface area contributed by atoms with Crippen LogP contribution in [0.2, 0.25) is 0 Å². The van der Waals surface area contributed by atoms with Gasteiger partial charge in [-0.15, -0.1) is 0 Å². The van der Waals surface area contributed by atoms with Gasteiger partial charge in [-0.1, -0.05) is 40.6 Å². The zero-order valence-corrected chi connectivity index (χ0v) is 20.1. The number of benzene rings is 1. The van der Waals surface area contributed by atoms with E-state index in [1.165, 1.54) is 21.0 Å². The van der Waals surface area contributed by atoms with Gasteiger partial charge >= 0.3 is 6.03 Å². The zero-order chi connectivity index (χ0) is 24.7. The van der Waals surface area contributed by atoms with Crippen molar-refractivity contribution in [2.75, 3.05) is 20.7 Å². The molecule has 0 fully saturated rings. The van der Waals surface area contributed by atoms with Crippen LogP contribution < -0.4 is 15.8 Å². The standard InChI is InChI=1S/C23H29ClN6O3/c1-13-7-6-8-18(28-23(32)30(5)29-26)17(13)12-33-19-10-9-16(11-14(19)2)21(25)20(15(3)31)22(24)27-4/h6-11,17-18,26H,12,25H2,1-5H3,(H,28,32). The van der Waals surface area contributed by atoms with Crippen molar-refractivity contribution in [2.24, 2.45) is 21.9 Å². The number of urea groups is 1. The summed E-state index contributed by atoms with van der Waals surface area (Å²) in [5.41, 5.74) is 16.1. The second-order valence-electron chi connectivity index (χ2n) is 7.65. The van der Waals surface area contributed by atoms with Crippen LogP contribution in [0.3, 0.4) is 0 Å². The highest BCUT2D eigenvalue weighted by atomic mass is 35.5. The van der Waals surface area contributed by atoms with E-state index < -0.39 is 6.03 Å². The fraction of sp³-hybridized carbons (Fsp3) is 0.348. The number of nitrogens with two attached hydrogens (primary N) is 1. The zero-order valence-electron chi connectivity index (χ0n) is 19.3. The van der Waals surface area contributed by atoms with Crippen LogP contribution in [0.4, 0.5) is 4.79 Å². The molecule has 10 heteroatoms. The molecule has 33 heavy (non-hydrogen) atoms. The SMILES string of the molecule is CN=C(Cl)C(C(C)=O)=C(N)c1ccc(OCC2C(C)=CC=CC2NC(=O)N(C)N=N)c(C)c1. The molecule has 1 aliphatic carbocycles. The van der Waals surface area contributed by atoms with Crippen LogP contribution in [0.5, 0.6) is 5.75 Å². The van der Waals surface area contributed by atoms with Crippen molar-refractivity contribution in [3.63, 3.8) is 0 Å². The molecule has 0 radical (unpaired) electrons. The molecular formula is C23H29ClN6O3. The van der Waals surface area contributed by atoms with Crippen molar-refractivity contribution < 1.29 is 14.3 Å². The molecule has 4 N–H and O–H groups in total. The van der Waals surface area contributed by atoms with Crippen molar-refractivity contribution in [3.05, 3.63) is 58.7 Å². The summed E-state index contributed by atoms with van der Waals surface area (Å²) in [5.74, 6) is 0.272. The normalized spacial score (nSPS) is 18.7. The first-order valence-electron chi connectivity index (χ1n) is 10.2. The van der Waals surface area contributed by atoms with Gasteiger partial charge in [-0.3, -0.25) is 9.79 Å². The average molecular weight is 473 g/mol. The minimum atomic E-state index is -0.474. The van der Waals surface area contributed by atoms with Gasteiger partial charge in [-0.05, 0) is 50.1 Å². The second-order valence-corrected chi connectivity index (χ2v) is 8.01. The van der Waals surface area contributed by atoms with Crippen molar-refractivity contribution in [2.45, 2.75) is 26.8 Å². The van der Waals surface area contributed by atoms with Crippen LogP contribution in [0.25, 0.3) is 5.70 Å². The summed E-state index contributed by atoms with van der Waals surface area (Å²) in [6, 6.07) is 4.58. The lowest BCUT2D eigenvalue weighted by Crippen LogP contribution is -2.46. The maximum absolute atomic E-state index is 12.1. The van der Waals surface area contributed by atoms with E-state index >= 15 is 0 Å². The van der Waals surface area contributed by atoms with Crippen LogP contribution in [-0.2, 0) is 4.79 Å². The summed E-state index contributed by atoms with van der Waals surface area (Å²) < 4.78 is 6.08. The summed E-state index contributed by atoms with van der Waals surface area (Å²) in [6.07, 6.45) is 5.72. The number of carbonyl (C=O) groups excluding carboxylic acids is 2. The van der Waals surface area contributed by atoms with Crippen LogP contribution >= 0.6 is 11.6 Å². The summed E-state index contributed by atoms with van der Waals surface area (Å²) in [7, 11) is 2.90. The lowest BCUT2D eigenvalue weighted by atomic mass is 9.89. The molecule has 1 aromatic rings. The minimum absolute atomic E-state index is 0.0579. The molecular weight excluding hydrogens is 444 g/mol. The monoisotopic (exact) mass is 472 g/mol. The van der Waals surface area contributed by atoms with E-state index in [1.807, 2.05) is 38.1 Å². The molecule has 2 rings (SSSR count). The van der Waals surface area contributed by atoms with E-state index in [1.54, 1.807) is 12.1 Å². The Morgan fingerprint density at radius 2 is 2.03 bits per heavy atom. The molecule has 0 aromatic heterocycles. The third-order valence-corrected chi connectivity index (χ3v) is 5.72. The Bertz CT molecular complexity index is 1060. The molecule has 1 aliphatic rings. The number of allylic oxidation sites excluding steroid dienone is 3. The van der Waals surface area contributed by atoms with Crippen molar-refractivity contribution in [3.8, 4) is 5.75 Å². The Kier molecular flexibility index (Phi) is 8.93. The van der Waals surface area contributed by atoms with Crippen molar-refractivity contribution in [1.29, 1.82) is 5.53 Å². The highest BCUT2D eigenvalue weighted by molar-refractivity contribution is 6.73. The molecule has 2 atom stereocenters. The highest BCUT2D eigenvalue weighted by Gasteiger charge is 2.26. The smallest absolute Gasteiger partial charge is 0.339 e. The lowest BCUT2D eigenvalue weighted by molar-refractivity contribution is -0.113. The summed E-state index contributed by atoms with van der Waals surface area (Å²) in [5, 5.41) is 6.95. The van der Waals surface area contributed by atoms with Gasteiger partial charge in [0.15, 0.2) is 5.78 Å². The Morgan fingerprint density at radius 3 is 2.61 bits per heavy atom. The molecule has 0 saturated heterocycles. The van der Waals surface area contributed by atoms with E-state index in [2.05, 4.69) is 15.5 Å². The number of hydrogen-bond acceptors (Lipinski definition) is 7. The Labute approximate surface area is 198 Å². The third kappa shape index (κ3) is 6.29. The molecule has 1 aromatic carbocycles. The van der Waals surface area contributed by atoms with E-state index in [0.717, 1.165) is 16.1 Å². The van der Waals surface area contributed by atoms with Crippen LogP contribution in [0.15, 0.2) is 57.8 Å². The Hall–Kier alpha value is -3.46. The Morgan fingerprint density at radius 1 is 1.33 bits per heavy atom. The Balaban J connectivity index is 2.22. The fourth-order valence-corrected chi connectivity index (χ4v) is 3.63. The molecule has 176 valence electrons. The molecule has 0 saturated carbocycles. The van der Waals surface area contributed by atoms with Crippen molar-refractivity contribution >= 4 is 34.3 Å². The van der Waals surface area contributed by atoms with Gasteiger partial charge in [0, 0.05) is 20.0 Å². The number of ketones is 1. The number of rotatable bonds is 8. The largest absolute Gasteiger partial charge is 0.493 e. The predicted octanol–water partition coefficient (Wildman–Crippen LogP) is 3.99. The number of carbonyl (C=O) groups is 2. The number of aryl methyl sites for hydroxylation is 1. The molecule has 0 heterocycles. The predicted molar refractivity (Wildman–Crippen MR) is 129 cm³/mol. The quantitative estimate of drug-likeness (QED) is 0.228. The van der Waals surface area contributed by atoms with Crippen LogP contribution in [-0.4, -0.2) is 48.7 Å². The highest BCUT2D eigenvalue weighted by Crippen LogP contribution is 2.27. The lowest BCUT2D eigenvalue weighted by Gasteiger charge is -2.29. The van der Waals surface area contributed by atoms with Crippen molar-refractivity contribution in [1.82, 2.24) is 10.3 Å². The maximum Gasteiger partial charge on any atom is 0.339 e. The number of nitrogens with zero attached hydrogens (tertiary/aromatic N) is 3. The molecule has 9 nitrogen and oxygen atoms in total. The first kappa shape index (κ1) is 25.8. The number of Topliss-reactive ketones (excluding diaryl/α,β-unsaturated/α-hetero) is 1. The van der Waals surface area contributed by atoms with E-state index in [9.17, 15) is 9.59 Å². The van der Waals surface area contributed by atoms with Gasteiger partial charge in [0.2, 0.25) is 0 Å². The molecule has 0 bridgehead atoms. The van der Waals surface area contributed by atoms with Gasteiger partial charge in [0.1, 0.15) is 10.9 Å². The topological polar surface area (TPSA) is 133 Å². The number of hydrogen-bond donors (Lipinski definition) is 3. The number of nitrogens with one attached hydrogen (secondary N) is 2. The first-order valence-corrected chi connectivity index (χ1v) is 10.6. The number of ether oxygens (including phenoxy) is 1. The van der Waals surface area contributed by atoms with Gasteiger partial charge in [-0.2, -0.15) is 5.53 Å². The maximum atomic E-state index is 12.1. The van der Waals surface area contributed by atoms with E-state index in [4.69, 9.17) is 27.6 Å². The fourth-order valence-electron chi connectivity index (χ4n) is 3.39. The number of halogens is 1. The first-order chi connectivity index (χ1) is 15.6.